The number of hydrogen-bond acceptors (Lipinski definition) is 4. The molecule has 1 heterocycles. The average molecular weight is 216 g/mol. The molecule has 1 fully saturated rings. The Morgan fingerprint density at radius 3 is 3.00 bits per heavy atom. The molecule has 0 radical (unpaired) electrons. The van der Waals surface area contributed by atoms with Gasteiger partial charge >= 0.3 is 0 Å². The van der Waals surface area contributed by atoms with Crippen molar-refractivity contribution >= 4 is 0 Å². The van der Waals surface area contributed by atoms with Crippen LogP contribution in [0.25, 0.3) is 0 Å². The van der Waals surface area contributed by atoms with Gasteiger partial charge in [-0.2, -0.15) is 0 Å². The van der Waals surface area contributed by atoms with E-state index in [1.165, 1.54) is 0 Å². The first-order valence-corrected chi connectivity index (χ1v) is 5.90. The normalized spacial score (nSPS) is 23.6. The van der Waals surface area contributed by atoms with Crippen molar-refractivity contribution in [1.82, 2.24) is 10.2 Å². The molecule has 2 atom stereocenters. The standard InChI is InChI=1S/C11H24N2O2/c1-3-5-12-7-11(14)8-13(2)10-4-6-15-9-10/h10-12,14H,3-9H2,1-2H3. The monoisotopic (exact) mass is 216 g/mol. The number of aliphatic hydroxyl groups excluding tert-OH is 1. The van der Waals surface area contributed by atoms with Crippen LogP contribution in [0.1, 0.15) is 19.8 Å². The van der Waals surface area contributed by atoms with E-state index in [0.717, 1.165) is 39.1 Å². The van der Waals surface area contributed by atoms with Gasteiger partial charge in [0.2, 0.25) is 0 Å². The largest absolute Gasteiger partial charge is 0.390 e. The van der Waals surface area contributed by atoms with Crippen molar-refractivity contribution in [2.45, 2.75) is 31.9 Å². The highest BCUT2D eigenvalue weighted by Gasteiger charge is 2.21. The zero-order valence-electron chi connectivity index (χ0n) is 9.91. The second-order valence-electron chi connectivity index (χ2n) is 4.31. The number of nitrogens with zero attached hydrogens (tertiary/aromatic N) is 1. The molecule has 4 heteroatoms. The minimum Gasteiger partial charge on any atom is -0.390 e. The highest BCUT2D eigenvalue weighted by Crippen LogP contribution is 2.10. The van der Waals surface area contributed by atoms with Gasteiger partial charge in [0.15, 0.2) is 0 Å². The topological polar surface area (TPSA) is 44.7 Å². The molecular formula is C11H24N2O2. The molecule has 0 aromatic heterocycles. The van der Waals surface area contributed by atoms with Gasteiger partial charge in [0, 0.05) is 25.7 Å². The summed E-state index contributed by atoms with van der Waals surface area (Å²) in [6.07, 6.45) is 1.92. The molecule has 0 aliphatic carbocycles. The maximum Gasteiger partial charge on any atom is 0.0791 e. The summed E-state index contributed by atoms with van der Waals surface area (Å²) in [6.45, 7) is 6.19. The maximum atomic E-state index is 9.76. The smallest absolute Gasteiger partial charge is 0.0791 e. The van der Waals surface area contributed by atoms with Crippen LogP contribution in [-0.4, -0.2) is 62.0 Å². The van der Waals surface area contributed by atoms with Crippen LogP contribution in [0, 0.1) is 0 Å². The molecule has 2 N–H and O–H groups in total. The lowest BCUT2D eigenvalue weighted by Crippen LogP contribution is -2.41. The summed E-state index contributed by atoms with van der Waals surface area (Å²) >= 11 is 0. The predicted octanol–water partition coefficient (Wildman–Crippen LogP) is 0.0676. The molecule has 0 bridgehead atoms. The van der Waals surface area contributed by atoms with Crippen LogP contribution in [0.2, 0.25) is 0 Å². The van der Waals surface area contributed by atoms with Crippen molar-refractivity contribution in [1.29, 1.82) is 0 Å². The van der Waals surface area contributed by atoms with Gasteiger partial charge in [-0.15, -0.1) is 0 Å². The number of likely N-dealkylation sites (N-methyl/N-ethyl adjacent to an activating group) is 1. The fourth-order valence-corrected chi connectivity index (χ4v) is 1.86. The second-order valence-corrected chi connectivity index (χ2v) is 4.31. The van der Waals surface area contributed by atoms with Crippen LogP contribution < -0.4 is 5.32 Å². The van der Waals surface area contributed by atoms with Gasteiger partial charge in [0.1, 0.15) is 0 Å². The summed E-state index contributed by atoms with van der Waals surface area (Å²) in [5, 5.41) is 13.0. The molecule has 1 saturated heterocycles. The van der Waals surface area contributed by atoms with Crippen molar-refractivity contribution < 1.29 is 9.84 Å². The van der Waals surface area contributed by atoms with Crippen molar-refractivity contribution in [2.24, 2.45) is 0 Å². The Balaban J connectivity index is 2.10. The molecule has 2 unspecified atom stereocenters. The summed E-state index contributed by atoms with van der Waals surface area (Å²) in [5.41, 5.74) is 0. The zero-order chi connectivity index (χ0) is 11.1. The first-order chi connectivity index (χ1) is 7.24. The molecule has 90 valence electrons. The number of nitrogens with one attached hydrogen (secondary N) is 1. The van der Waals surface area contributed by atoms with Gasteiger partial charge in [0.05, 0.1) is 12.7 Å². The van der Waals surface area contributed by atoms with Crippen molar-refractivity contribution in [3.8, 4) is 0 Å². The van der Waals surface area contributed by atoms with Crippen LogP contribution in [-0.2, 0) is 4.74 Å². The Morgan fingerprint density at radius 1 is 1.60 bits per heavy atom. The molecule has 1 aliphatic heterocycles. The number of rotatable bonds is 7. The van der Waals surface area contributed by atoms with E-state index >= 15 is 0 Å². The third-order valence-electron chi connectivity index (χ3n) is 2.83. The van der Waals surface area contributed by atoms with Crippen LogP contribution in [0.4, 0.5) is 0 Å². The van der Waals surface area contributed by atoms with Gasteiger partial charge in [-0.25, -0.2) is 0 Å². The van der Waals surface area contributed by atoms with Gasteiger partial charge in [0.25, 0.3) is 0 Å². The Morgan fingerprint density at radius 2 is 2.40 bits per heavy atom. The maximum absolute atomic E-state index is 9.76. The van der Waals surface area contributed by atoms with E-state index in [0.29, 0.717) is 12.6 Å². The fourth-order valence-electron chi connectivity index (χ4n) is 1.86. The van der Waals surface area contributed by atoms with E-state index < -0.39 is 0 Å². The molecule has 1 rings (SSSR count). The van der Waals surface area contributed by atoms with E-state index in [-0.39, 0.29) is 6.10 Å². The molecule has 0 aromatic carbocycles. The van der Waals surface area contributed by atoms with Crippen LogP contribution in [0.15, 0.2) is 0 Å². The number of ether oxygens (including phenoxy) is 1. The molecule has 0 spiro atoms. The Labute approximate surface area is 92.6 Å². The van der Waals surface area contributed by atoms with Gasteiger partial charge in [-0.1, -0.05) is 6.92 Å². The van der Waals surface area contributed by atoms with E-state index in [1.807, 2.05) is 0 Å². The summed E-state index contributed by atoms with van der Waals surface area (Å²) in [4.78, 5) is 2.20. The van der Waals surface area contributed by atoms with Crippen molar-refractivity contribution in [3.63, 3.8) is 0 Å². The first kappa shape index (κ1) is 12.9. The first-order valence-electron chi connectivity index (χ1n) is 5.90. The SMILES string of the molecule is CCCNCC(O)CN(C)C1CCOC1. The molecule has 4 nitrogen and oxygen atoms in total. The van der Waals surface area contributed by atoms with Gasteiger partial charge in [-0.05, 0) is 26.4 Å². The molecule has 0 aromatic rings. The molecule has 0 amide bonds. The lowest BCUT2D eigenvalue weighted by Gasteiger charge is -2.25. The minimum absolute atomic E-state index is 0.276. The van der Waals surface area contributed by atoms with E-state index in [4.69, 9.17) is 4.74 Å². The lowest BCUT2D eigenvalue weighted by molar-refractivity contribution is 0.0943. The highest BCUT2D eigenvalue weighted by atomic mass is 16.5. The van der Waals surface area contributed by atoms with Crippen LogP contribution >= 0.6 is 0 Å². The second kappa shape index (κ2) is 7.17. The van der Waals surface area contributed by atoms with Crippen molar-refractivity contribution in [3.05, 3.63) is 0 Å². The Bertz CT molecular complexity index is 161. The molecule has 0 saturated carbocycles. The lowest BCUT2D eigenvalue weighted by atomic mass is 10.2. The highest BCUT2D eigenvalue weighted by molar-refractivity contribution is 4.75. The summed E-state index contributed by atoms with van der Waals surface area (Å²) in [7, 11) is 2.06. The summed E-state index contributed by atoms with van der Waals surface area (Å²) in [5.74, 6) is 0. The van der Waals surface area contributed by atoms with E-state index in [2.05, 4.69) is 24.2 Å². The third-order valence-corrected chi connectivity index (χ3v) is 2.83. The van der Waals surface area contributed by atoms with Crippen LogP contribution in [0.5, 0.6) is 0 Å². The molecular weight excluding hydrogens is 192 g/mol. The van der Waals surface area contributed by atoms with Gasteiger partial charge in [-0.3, -0.25) is 4.90 Å². The quantitative estimate of drug-likeness (QED) is 0.591. The minimum atomic E-state index is -0.276. The third kappa shape index (κ3) is 4.93. The van der Waals surface area contributed by atoms with Gasteiger partial charge < -0.3 is 15.2 Å². The molecule has 1 aliphatic rings. The summed E-state index contributed by atoms with van der Waals surface area (Å²) in [6, 6.07) is 0.492. The Kier molecular flexibility index (Phi) is 6.17. The fraction of sp³-hybridized carbons (Fsp3) is 1.00. The Hall–Kier alpha value is -0.160. The van der Waals surface area contributed by atoms with E-state index in [1.54, 1.807) is 0 Å². The predicted molar refractivity (Wildman–Crippen MR) is 61.0 cm³/mol. The average Bonchev–Trinajstić information content (AvgIpc) is 2.70. The zero-order valence-corrected chi connectivity index (χ0v) is 9.91. The number of aliphatic hydroxyl groups is 1. The number of hydrogen-bond donors (Lipinski definition) is 2. The van der Waals surface area contributed by atoms with E-state index in [9.17, 15) is 5.11 Å². The van der Waals surface area contributed by atoms with Crippen molar-refractivity contribution in [2.75, 3.05) is 39.9 Å². The molecule has 15 heavy (non-hydrogen) atoms. The van der Waals surface area contributed by atoms with Crippen LogP contribution in [0.3, 0.4) is 0 Å². The summed E-state index contributed by atoms with van der Waals surface area (Å²) < 4.78 is 5.32.